The van der Waals surface area contributed by atoms with Crippen molar-refractivity contribution in [3.05, 3.63) is 53.6 Å². The van der Waals surface area contributed by atoms with Crippen molar-refractivity contribution in [2.75, 3.05) is 0 Å². The predicted octanol–water partition coefficient (Wildman–Crippen LogP) is 4.51. The lowest BCUT2D eigenvalue weighted by Gasteiger charge is -2.09. The molecule has 0 saturated heterocycles. The van der Waals surface area contributed by atoms with Crippen LogP contribution in [0.2, 0.25) is 0 Å². The molecule has 0 fully saturated rings. The second kappa shape index (κ2) is 4.75. The zero-order valence-electron chi connectivity index (χ0n) is 9.70. The van der Waals surface area contributed by atoms with Gasteiger partial charge in [0.15, 0.2) is 0 Å². The van der Waals surface area contributed by atoms with Gasteiger partial charge in [0, 0.05) is 4.90 Å². The molecule has 2 rings (SSSR count). The van der Waals surface area contributed by atoms with E-state index in [-0.39, 0.29) is 0 Å². The van der Waals surface area contributed by atoms with Gasteiger partial charge in [-0.3, -0.25) is 0 Å². The van der Waals surface area contributed by atoms with Crippen LogP contribution in [0.25, 0.3) is 11.1 Å². The Morgan fingerprint density at radius 2 is 1.75 bits per heavy atom. The van der Waals surface area contributed by atoms with Gasteiger partial charge in [0.2, 0.25) is 0 Å². The van der Waals surface area contributed by atoms with Gasteiger partial charge in [-0.15, -0.1) is 12.6 Å². The van der Waals surface area contributed by atoms with Gasteiger partial charge in [0.25, 0.3) is 0 Å². The largest absolute Gasteiger partial charge is 0.143 e. The standard InChI is InChI=1S/C15H16S/c1-3-12-8-9-14(15(16)10-12)13-7-5-4-6-11(13)2/h4-10,16H,3H2,1-2H3. The number of aryl methyl sites for hydroxylation is 2. The van der Waals surface area contributed by atoms with Crippen LogP contribution >= 0.6 is 12.6 Å². The summed E-state index contributed by atoms with van der Waals surface area (Å²) in [6, 6.07) is 14.9. The highest BCUT2D eigenvalue weighted by molar-refractivity contribution is 7.80. The highest BCUT2D eigenvalue weighted by Gasteiger charge is 2.05. The highest BCUT2D eigenvalue weighted by atomic mass is 32.1. The maximum absolute atomic E-state index is 4.58. The zero-order chi connectivity index (χ0) is 11.5. The monoisotopic (exact) mass is 228 g/mol. The van der Waals surface area contributed by atoms with Gasteiger partial charge in [0.1, 0.15) is 0 Å². The van der Waals surface area contributed by atoms with Crippen LogP contribution in [0, 0.1) is 6.92 Å². The van der Waals surface area contributed by atoms with Gasteiger partial charge in [-0.2, -0.15) is 0 Å². The molecule has 0 aliphatic rings. The molecule has 1 heteroatoms. The summed E-state index contributed by atoms with van der Waals surface area (Å²) < 4.78 is 0. The lowest BCUT2D eigenvalue weighted by atomic mass is 9.99. The fourth-order valence-electron chi connectivity index (χ4n) is 1.90. The van der Waals surface area contributed by atoms with E-state index in [0.717, 1.165) is 11.3 Å². The SMILES string of the molecule is CCc1ccc(-c2ccccc2C)c(S)c1. The Kier molecular flexibility index (Phi) is 3.35. The molecule has 0 unspecified atom stereocenters. The molecule has 2 aromatic rings. The molecule has 0 bridgehead atoms. The summed E-state index contributed by atoms with van der Waals surface area (Å²) in [5, 5.41) is 0. The minimum atomic E-state index is 1.06. The Hall–Kier alpha value is -1.21. The van der Waals surface area contributed by atoms with Gasteiger partial charge >= 0.3 is 0 Å². The van der Waals surface area contributed by atoms with Crippen LogP contribution in [-0.4, -0.2) is 0 Å². The van der Waals surface area contributed by atoms with Crippen molar-refractivity contribution in [3.8, 4) is 11.1 Å². The van der Waals surface area contributed by atoms with Gasteiger partial charge < -0.3 is 0 Å². The average Bonchev–Trinajstić information content (AvgIpc) is 2.30. The molecule has 0 heterocycles. The first kappa shape index (κ1) is 11.3. The normalized spacial score (nSPS) is 10.4. The van der Waals surface area contributed by atoms with Gasteiger partial charge in [-0.05, 0) is 41.7 Å². The van der Waals surface area contributed by atoms with E-state index in [0.29, 0.717) is 0 Å². The molecule has 2 aromatic carbocycles. The fraction of sp³-hybridized carbons (Fsp3) is 0.200. The molecule has 0 nitrogen and oxygen atoms in total. The van der Waals surface area contributed by atoms with Crippen molar-refractivity contribution in [1.29, 1.82) is 0 Å². The smallest absolute Gasteiger partial charge is 0.0121 e. The van der Waals surface area contributed by atoms with Crippen molar-refractivity contribution in [2.45, 2.75) is 25.2 Å². The molecule has 0 N–H and O–H groups in total. The van der Waals surface area contributed by atoms with Crippen LogP contribution < -0.4 is 0 Å². The number of hydrogen-bond donors (Lipinski definition) is 1. The van der Waals surface area contributed by atoms with Crippen LogP contribution in [0.15, 0.2) is 47.4 Å². The second-order valence-corrected chi connectivity index (χ2v) is 4.50. The predicted molar refractivity (Wildman–Crippen MR) is 73.2 cm³/mol. The summed E-state index contributed by atoms with van der Waals surface area (Å²) >= 11 is 4.58. The highest BCUT2D eigenvalue weighted by Crippen LogP contribution is 2.29. The van der Waals surface area contributed by atoms with Crippen molar-refractivity contribution < 1.29 is 0 Å². The first-order valence-corrected chi connectivity index (χ1v) is 6.05. The van der Waals surface area contributed by atoms with E-state index >= 15 is 0 Å². The third kappa shape index (κ3) is 2.14. The number of thiol groups is 1. The van der Waals surface area contributed by atoms with Gasteiger partial charge in [-0.25, -0.2) is 0 Å². The fourth-order valence-corrected chi connectivity index (χ4v) is 2.26. The summed E-state index contributed by atoms with van der Waals surface area (Å²) in [5.74, 6) is 0. The lowest BCUT2D eigenvalue weighted by Crippen LogP contribution is -1.87. The molecule has 0 amide bonds. The van der Waals surface area contributed by atoms with Crippen LogP contribution in [0.3, 0.4) is 0 Å². The third-order valence-electron chi connectivity index (χ3n) is 2.91. The number of hydrogen-bond acceptors (Lipinski definition) is 1. The van der Waals surface area contributed by atoms with E-state index in [2.05, 4.69) is 68.9 Å². The van der Waals surface area contributed by atoms with E-state index in [4.69, 9.17) is 0 Å². The van der Waals surface area contributed by atoms with E-state index in [9.17, 15) is 0 Å². The summed E-state index contributed by atoms with van der Waals surface area (Å²) in [6.07, 6.45) is 1.06. The van der Waals surface area contributed by atoms with Crippen LogP contribution in [0.5, 0.6) is 0 Å². The third-order valence-corrected chi connectivity index (χ3v) is 3.28. The van der Waals surface area contributed by atoms with E-state index in [1.54, 1.807) is 0 Å². The minimum Gasteiger partial charge on any atom is -0.143 e. The minimum absolute atomic E-state index is 1.06. The Labute approximate surface area is 103 Å². The molecule has 0 saturated carbocycles. The molecule has 0 atom stereocenters. The van der Waals surface area contributed by atoms with Gasteiger partial charge in [0.05, 0.1) is 0 Å². The van der Waals surface area contributed by atoms with Gasteiger partial charge in [-0.1, -0.05) is 43.3 Å². The second-order valence-electron chi connectivity index (χ2n) is 4.02. The first-order valence-electron chi connectivity index (χ1n) is 5.60. The molecule has 0 aliphatic carbocycles. The molecule has 16 heavy (non-hydrogen) atoms. The van der Waals surface area contributed by atoms with Crippen molar-refractivity contribution >= 4 is 12.6 Å². The molecule has 0 spiro atoms. The Morgan fingerprint density at radius 1 is 1.00 bits per heavy atom. The Morgan fingerprint density at radius 3 is 2.38 bits per heavy atom. The topological polar surface area (TPSA) is 0 Å². The van der Waals surface area contributed by atoms with E-state index < -0.39 is 0 Å². The molecular formula is C15H16S. The van der Waals surface area contributed by atoms with Crippen molar-refractivity contribution in [3.63, 3.8) is 0 Å². The summed E-state index contributed by atoms with van der Waals surface area (Å²) in [4.78, 5) is 1.06. The Bertz CT molecular complexity index is 501. The molecule has 0 aromatic heterocycles. The van der Waals surface area contributed by atoms with E-state index in [1.165, 1.54) is 22.3 Å². The zero-order valence-corrected chi connectivity index (χ0v) is 10.6. The molecule has 0 radical (unpaired) electrons. The van der Waals surface area contributed by atoms with Crippen LogP contribution in [-0.2, 0) is 6.42 Å². The van der Waals surface area contributed by atoms with Crippen LogP contribution in [0.4, 0.5) is 0 Å². The first-order chi connectivity index (χ1) is 7.72. The summed E-state index contributed by atoms with van der Waals surface area (Å²) in [5.41, 5.74) is 5.12. The lowest BCUT2D eigenvalue weighted by molar-refractivity contribution is 1.12. The maximum Gasteiger partial charge on any atom is 0.0121 e. The molecule has 0 aliphatic heterocycles. The maximum atomic E-state index is 4.58. The Balaban J connectivity index is 2.53. The van der Waals surface area contributed by atoms with Crippen LogP contribution in [0.1, 0.15) is 18.1 Å². The summed E-state index contributed by atoms with van der Waals surface area (Å²) in [7, 11) is 0. The number of rotatable bonds is 2. The van der Waals surface area contributed by atoms with E-state index in [1.807, 2.05) is 0 Å². The van der Waals surface area contributed by atoms with Crippen molar-refractivity contribution in [1.82, 2.24) is 0 Å². The quantitative estimate of drug-likeness (QED) is 0.718. The molecular weight excluding hydrogens is 212 g/mol. The summed E-state index contributed by atoms with van der Waals surface area (Å²) in [6.45, 7) is 4.30. The number of benzene rings is 2. The molecule has 82 valence electrons. The average molecular weight is 228 g/mol. The van der Waals surface area contributed by atoms with Crippen molar-refractivity contribution in [2.24, 2.45) is 0 Å².